The van der Waals surface area contributed by atoms with Crippen LogP contribution in [0.4, 0.5) is 16.2 Å². The summed E-state index contributed by atoms with van der Waals surface area (Å²) >= 11 is 0. The van der Waals surface area contributed by atoms with Gasteiger partial charge in [-0.2, -0.15) is 0 Å². The van der Waals surface area contributed by atoms with Crippen molar-refractivity contribution in [3.8, 4) is 5.75 Å². The Labute approximate surface area is 194 Å². The van der Waals surface area contributed by atoms with Crippen molar-refractivity contribution in [1.82, 2.24) is 4.90 Å². The fourth-order valence-corrected chi connectivity index (χ4v) is 4.01. The number of nitrogen functional groups attached to an aromatic ring is 1. The first-order chi connectivity index (χ1) is 15.6. The largest absolute Gasteiger partial charge is 0.496 e. The van der Waals surface area contributed by atoms with Crippen molar-refractivity contribution >= 4 is 35.3 Å². The molecule has 2 aromatic rings. The van der Waals surface area contributed by atoms with E-state index in [9.17, 15) is 14.4 Å². The van der Waals surface area contributed by atoms with Crippen LogP contribution in [-0.2, 0) is 16.0 Å². The maximum absolute atomic E-state index is 13.6. The molecule has 0 bridgehead atoms. The first kappa shape index (κ1) is 24.0. The van der Waals surface area contributed by atoms with E-state index in [2.05, 4.69) is 6.58 Å². The molecule has 3 rings (SSSR count). The van der Waals surface area contributed by atoms with Crippen LogP contribution >= 0.6 is 0 Å². The van der Waals surface area contributed by atoms with E-state index in [1.54, 1.807) is 58.6 Å². The second-order valence-electron chi connectivity index (χ2n) is 8.80. The van der Waals surface area contributed by atoms with Crippen molar-refractivity contribution in [3.05, 3.63) is 60.2 Å². The highest BCUT2D eigenvalue weighted by molar-refractivity contribution is 6.05. The molecule has 2 aromatic carbocycles. The number of benzene rings is 2. The number of rotatable bonds is 5. The van der Waals surface area contributed by atoms with Gasteiger partial charge in [-0.25, -0.2) is 14.5 Å². The zero-order chi connectivity index (χ0) is 24.3. The molecule has 1 heterocycles. The Kier molecular flexibility index (Phi) is 6.88. The third kappa shape index (κ3) is 5.06. The molecule has 174 valence electrons. The molecule has 1 fully saturated rings. The van der Waals surface area contributed by atoms with Crippen LogP contribution < -0.4 is 15.4 Å². The van der Waals surface area contributed by atoms with Gasteiger partial charge in [0.05, 0.1) is 33.7 Å². The summed E-state index contributed by atoms with van der Waals surface area (Å²) in [7, 11) is 6.67. The second-order valence-corrected chi connectivity index (χ2v) is 8.80. The van der Waals surface area contributed by atoms with E-state index in [1.165, 1.54) is 4.90 Å². The number of nitrogens with two attached hydrogens (primary N) is 1. The Morgan fingerprint density at radius 2 is 1.91 bits per heavy atom. The SMILES string of the molecule is C=Cc1ccc(OC)c(CC2C[N+](C)(C)C(=O)CN(C(=O)N(C)c3ccc(N)cc3)C2=O)c1. The van der Waals surface area contributed by atoms with E-state index in [4.69, 9.17) is 10.5 Å². The number of carbonyl (C=O) groups excluding carboxylic acids is 3. The number of nitrogens with zero attached hydrogens (tertiary/aromatic N) is 3. The lowest BCUT2D eigenvalue weighted by molar-refractivity contribution is -0.815. The number of imide groups is 1. The molecule has 2 N–H and O–H groups in total. The smallest absolute Gasteiger partial charge is 0.333 e. The average Bonchev–Trinajstić information content (AvgIpc) is 2.88. The zero-order valence-electron chi connectivity index (χ0n) is 19.6. The van der Waals surface area contributed by atoms with Gasteiger partial charge in [0.1, 0.15) is 12.3 Å². The lowest BCUT2D eigenvalue weighted by atomic mass is 9.95. The van der Waals surface area contributed by atoms with Crippen LogP contribution in [0.3, 0.4) is 0 Å². The summed E-state index contributed by atoms with van der Waals surface area (Å²) in [5.74, 6) is -0.544. The number of likely N-dealkylation sites (N-methyl/N-ethyl adjacent to an activating group) is 1. The Morgan fingerprint density at radius 1 is 1.24 bits per heavy atom. The van der Waals surface area contributed by atoms with E-state index in [0.29, 0.717) is 23.5 Å². The average molecular weight is 452 g/mol. The topological polar surface area (TPSA) is 92.9 Å². The molecular formula is C25H31N4O4+. The number of anilines is 2. The van der Waals surface area contributed by atoms with Gasteiger partial charge in [0.15, 0.2) is 0 Å². The predicted molar refractivity (Wildman–Crippen MR) is 129 cm³/mol. The summed E-state index contributed by atoms with van der Waals surface area (Å²) in [6.07, 6.45) is 2.05. The molecule has 0 spiro atoms. The molecule has 1 saturated heterocycles. The molecule has 0 aromatic heterocycles. The molecule has 33 heavy (non-hydrogen) atoms. The van der Waals surface area contributed by atoms with Gasteiger partial charge < -0.3 is 10.5 Å². The van der Waals surface area contributed by atoms with Gasteiger partial charge in [0, 0.05) is 18.4 Å². The third-order valence-corrected chi connectivity index (χ3v) is 6.07. The number of methoxy groups -OCH3 is 1. The summed E-state index contributed by atoms with van der Waals surface area (Å²) < 4.78 is 5.48. The molecule has 1 aliphatic rings. The maximum Gasteiger partial charge on any atom is 0.333 e. The van der Waals surface area contributed by atoms with E-state index >= 15 is 0 Å². The van der Waals surface area contributed by atoms with E-state index in [0.717, 1.165) is 16.0 Å². The van der Waals surface area contributed by atoms with Gasteiger partial charge in [-0.15, -0.1) is 0 Å². The van der Waals surface area contributed by atoms with E-state index in [-0.39, 0.29) is 29.4 Å². The first-order valence-corrected chi connectivity index (χ1v) is 10.7. The number of ether oxygens (including phenoxy) is 1. The highest BCUT2D eigenvalue weighted by Crippen LogP contribution is 2.28. The molecule has 8 nitrogen and oxygen atoms in total. The normalized spacial score (nSPS) is 17.9. The van der Waals surface area contributed by atoms with Gasteiger partial charge in [-0.3, -0.25) is 14.2 Å². The quantitative estimate of drug-likeness (QED) is 0.557. The Bertz CT molecular complexity index is 1080. The van der Waals surface area contributed by atoms with Crippen molar-refractivity contribution in [1.29, 1.82) is 0 Å². The summed E-state index contributed by atoms with van der Waals surface area (Å²) in [6.45, 7) is 3.79. The van der Waals surface area contributed by atoms with Crippen LogP contribution in [0.5, 0.6) is 5.75 Å². The number of hydrogen-bond acceptors (Lipinski definition) is 5. The lowest BCUT2D eigenvalue weighted by Gasteiger charge is -2.27. The van der Waals surface area contributed by atoms with Crippen molar-refractivity contribution in [2.24, 2.45) is 5.92 Å². The summed E-state index contributed by atoms with van der Waals surface area (Å²) in [6, 6.07) is 11.8. The van der Waals surface area contributed by atoms with E-state index in [1.807, 2.05) is 18.2 Å². The molecule has 0 saturated carbocycles. The first-order valence-electron chi connectivity index (χ1n) is 10.7. The monoisotopic (exact) mass is 451 g/mol. The number of hydrogen-bond donors (Lipinski definition) is 1. The highest BCUT2D eigenvalue weighted by Gasteiger charge is 2.44. The molecular weight excluding hydrogens is 420 g/mol. The summed E-state index contributed by atoms with van der Waals surface area (Å²) in [5, 5.41) is 0. The van der Waals surface area contributed by atoms with Gasteiger partial charge in [0.25, 0.3) is 0 Å². The molecule has 8 heteroatoms. The van der Waals surface area contributed by atoms with Crippen LogP contribution in [0.2, 0.25) is 0 Å². The van der Waals surface area contributed by atoms with Crippen molar-refractivity contribution in [2.45, 2.75) is 6.42 Å². The number of quaternary nitrogens is 1. The Morgan fingerprint density at radius 3 is 2.52 bits per heavy atom. The third-order valence-electron chi connectivity index (χ3n) is 6.07. The van der Waals surface area contributed by atoms with Gasteiger partial charge >= 0.3 is 11.9 Å². The van der Waals surface area contributed by atoms with Crippen LogP contribution in [0.1, 0.15) is 11.1 Å². The summed E-state index contributed by atoms with van der Waals surface area (Å²) in [4.78, 5) is 42.3. The number of amides is 4. The maximum atomic E-state index is 13.6. The Balaban J connectivity index is 1.95. The standard InChI is InChI=1S/C25H31N4O4/c1-6-17-7-12-22(33-5)18(13-17)14-19-16-29(3,4)23(30)15-28(24(19)31)25(32)27(2)21-10-8-20(26)9-11-21/h6-13,19H,1,14-16,26H2,2-5H3/q+1. The lowest BCUT2D eigenvalue weighted by Crippen LogP contribution is -2.50. The van der Waals surface area contributed by atoms with Crippen LogP contribution in [-0.4, -0.2) is 68.6 Å². The van der Waals surface area contributed by atoms with Crippen LogP contribution in [0.15, 0.2) is 49.0 Å². The van der Waals surface area contributed by atoms with E-state index < -0.39 is 11.9 Å². The van der Waals surface area contributed by atoms with Gasteiger partial charge in [-0.05, 0) is 53.9 Å². The molecule has 0 radical (unpaired) electrons. The van der Waals surface area contributed by atoms with Crippen molar-refractivity contribution < 1.29 is 23.6 Å². The van der Waals surface area contributed by atoms with Gasteiger partial charge in [-0.1, -0.05) is 18.7 Å². The molecule has 4 amide bonds. The second kappa shape index (κ2) is 9.46. The predicted octanol–water partition coefficient (Wildman–Crippen LogP) is 2.78. The molecule has 1 aliphatic heterocycles. The van der Waals surface area contributed by atoms with Crippen molar-refractivity contribution in [2.75, 3.05) is 52.0 Å². The number of urea groups is 1. The van der Waals surface area contributed by atoms with Crippen LogP contribution in [0.25, 0.3) is 6.08 Å². The summed E-state index contributed by atoms with van der Waals surface area (Å²) in [5.41, 5.74) is 8.60. The minimum atomic E-state index is -0.593. The minimum Gasteiger partial charge on any atom is -0.496 e. The molecule has 1 unspecified atom stereocenters. The van der Waals surface area contributed by atoms with Crippen LogP contribution in [0, 0.1) is 5.92 Å². The fourth-order valence-electron chi connectivity index (χ4n) is 4.01. The zero-order valence-corrected chi connectivity index (χ0v) is 19.6. The Hall–Kier alpha value is -3.65. The molecule has 0 aliphatic carbocycles. The van der Waals surface area contributed by atoms with Gasteiger partial charge in [0.2, 0.25) is 5.91 Å². The number of carbonyl (C=O) groups is 3. The van der Waals surface area contributed by atoms with Crippen molar-refractivity contribution in [3.63, 3.8) is 0 Å². The fraction of sp³-hybridized carbons (Fsp3) is 0.320. The minimum absolute atomic E-state index is 0.00473. The highest BCUT2D eigenvalue weighted by atomic mass is 16.5. The molecule has 1 atom stereocenters.